The molecule has 0 aliphatic rings. The SMILES string of the molecule is CCCn1cc(Br)cc1C(=O)N(CCC(=O)O)C(C)(C)C. The van der Waals surface area contributed by atoms with Gasteiger partial charge in [0, 0.05) is 29.3 Å². The van der Waals surface area contributed by atoms with Crippen LogP contribution in [-0.2, 0) is 11.3 Å². The summed E-state index contributed by atoms with van der Waals surface area (Å²) in [7, 11) is 0. The molecule has 0 fully saturated rings. The van der Waals surface area contributed by atoms with Gasteiger partial charge in [-0.1, -0.05) is 6.92 Å². The van der Waals surface area contributed by atoms with Crippen LogP contribution in [0.15, 0.2) is 16.7 Å². The highest BCUT2D eigenvalue weighted by molar-refractivity contribution is 9.10. The lowest BCUT2D eigenvalue weighted by Crippen LogP contribution is -2.47. The van der Waals surface area contributed by atoms with E-state index in [2.05, 4.69) is 15.9 Å². The predicted molar refractivity (Wildman–Crippen MR) is 85.5 cm³/mol. The van der Waals surface area contributed by atoms with E-state index in [0.717, 1.165) is 17.4 Å². The molecule has 21 heavy (non-hydrogen) atoms. The Kier molecular flexibility index (Phi) is 6.01. The molecule has 1 heterocycles. The predicted octanol–water partition coefficient (Wildman–Crippen LogP) is 3.38. The van der Waals surface area contributed by atoms with E-state index in [9.17, 15) is 9.59 Å². The molecule has 0 spiro atoms. The van der Waals surface area contributed by atoms with Crippen LogP contribution in [0.4, 0.5) is 0 Å². The zero-order valence-electron chi connectivity index (χ0n) is 13.0. The molecule has 0 aromatic carbocycles. The van der Waals surface area contributed by atoms with Crippen molar-refractivity contribution >= 4 is 27.8 Å². The number of nitrogens with zero attached hydrogens (tertiary/aromatic N) is 2. The molecule has 0 atom stereocenters. The first kappa shape index (κ1) is 17.8. The molecular weight excluding hydrogens is 336 g/mol. The van der Waals surface area contributed by atoms with E-state index in [4.69, 9.17) is 5.11 Å². The summed E-state index contributed by atoms with van der Waals surface area (Å²) >= 11 is 3.40. The molecule has 0 saturated heterocycles. The molecule has 0 aliphatic carbocycles. The van der Waals surface area contributed by atoms with E-state index < -0.39 is 11.5 Å². The summed E-state index contributed by atoms with van der Waals surface area (Å²) in [6, 6.07) is 1.79. The highest BCUT2D eigenvalue weighted by atomic mass is 79.9. The maximum atomic E-state index is 12.8. The van der Waals surface area contributed by atoms with Crippen LogP contribution in [0.5, 0.6) is 0 Å². The number of halogens is 1. The minimum Gasteiger partial charge on any atom is -0.481 e. The second kappa shape index (κ2) is 7.11. The van der Waals surface area contributed by atoms with Gasteiger partial charge in [0.25, 0.3) is 5.91 Å². The number of rotatable bonds is 6. The Hall–Kier alpha value is -1.30. The van der Waals surface area contributed by atoms with Crippen LogP contribution in [-0.4, -0.2) is 38.5 Å². The van der Waals surface area contributed by atoms with Gasteiger partial charge < -0.3 is 14.6 Å². The summed E-state index contributed by atoms with van der Waals surface area (Å²) in [6.07, 6.45) is 2.75. The Balaban J connectivity index is 3.07. The number of carboxylic acids is 1. The van der Waals surface area contributed by atoms with Crippen LogP contribution in [0.1, 0.15) is 51.0 Å². The fourth-order valence-electron chi connectivity index (χ4n) is 2.17. The lowest BCUT2D eigenvalue weighted by atomic mass is 10.0. The second-order valence-electron chi connectivity index (χ2n) is 6.01. The molecular formula is C15H23BrN2O3. The molecule has 1 amide bonds. The third-order valence-electron chi connectivity index (χ3n) is 3.15. The first-order valence-electron chi connectivity index (χ1n) is 7.06. The zero-order valence-corrected chi connectivity index (χ0v) is 14.6. The van der Waals surface area contributed by atoms with Crippen molar-refractivity contribution in [3.63, 3.8) is 0 Å². The van der Waals surface area contributed by atoms with E-state index in [-0.39, 0.29) is 18.9 Å². The van der Waals surface area contributed by atoms with Crippen LogP contribution >= 0.6 is 15.9 Å². The van der Waals surface area contributed by atoms with Crippen molar-refractivity contribution in [2.24, 2.45) is 0 Å². The highest BCUT2D eigenvalue weighted by Crippen LogP contribution is 2.22. The van der Waals surface area contributed by atoms with E-state index in [0.29, 0.717) is 5.69 Å². The minimum absolute atomic E-state index is 0.0569. The summed E-state index contributed by atoms with van der Waals surface area (Å²) in [6.45, 7) is 8.74. The summed E-state index contributed by atoms with van der Waals surface area (Å²) in [4.78, 5) is 25.2. The lowest BCUT2D eigenvalue weighted by Gasteiger charge is -2.35. The lowest BCUT2D eigenvalue weighted by molar-refractivity contribution is -0.137. The van der Waals surface area contributed by atoms with Gasteiger partial charge in [0.2, 0.25) is 0 Å². The topological polar surface area (TPSA) is 62.5 Å². The van der Waals surface area contributed by atoms with Gasteiger partial charge in [-0.2, -0.15) is 0 Å². The van der Waals surface area contributed by atoms with Crippen molar-refractivity contribution in [1.82, 2.24) is 9.47 Å². The van der Waals surface area contributed by atoms with Gasteiger partial charge in [0.05, 0.1) is 6.42 Å². The van der Waals surface area contributed by atoms with Gasteiger partial charge in [-0.3, -0.25) is 9.59 Å². The molecule has 5 nitrogen and oxygen atoms in total. The van der Waals surface area contributed by atoms with Crippen molar-refractivity contribution < 1.29 is 14.7 Å². The number of carbonyl (C=O) groups is 2. The second-order valence-corrected chi connectivity index (χ2v) is 6.92. The van der Waals surface area contributed by atoms with Crippen molar-refractivity contribution in [1.29, 1.82) is 0 Å². The van der Waals surface area contributed by atoms with Crippen molar-refractivity contribution in [2.45, 2.75) is 52.6 Å². The number of aryl methyl sites for hydroxylation is 1. The standard InChI is InChI=1S/C15H23BrN2O3/c1-5-7-17-10-11(16)9-12(17)14(21)18(15(2,3)4)8-6-13(19)20/h9-10H,5-8H2,1-4H3,(H,19,20). The van der Waals surface area contributed by atoms with Crippen LogP contribution in [0.25, 0.3) is 0 Å². The van der Waals surface area contributed by atoms with E-state index in [1.54, 1.807) is 11.0 Å². The van der Waals surface area contributed by atoms with Crippen molar-refractivity contribution in [3.8, 4) is 0 Å². The van der Waals surface area contributed by atoms with Gasteiger partial charge in [0.1, 0.15) is 5.69 Å². The number of hydrogen-bond donors (Lipinski definition) is 1. The first-order chi connectivity index (χ1) is 9.66. The van der Waals surface area contributed by atoms with Gasteiger partial charge in [-0.05, 0) is 49.2 Å². The monoisotopic (exact) mass is 358 g/mol. The summed E-state index contributed by atoms with van der Waals surface area (Å²) in [5.74, 6) is -1.04. The fourth-order valence-corrected chi connectivity index (χ4v) is 2.63. The molecule has 0 saturated carbocycles. The van der Waals surface area contributed by atoms with Gasteiger partial charge in [-0.15, -0.1) is 0 Å². The van der Waals surface area contributed by atoms with Crippen molar-refractivity contribution in [3.05, 3.63) is 22.4 Å². The quantitative estimate of drug-likeness (QED) is 0.847. The van der Waals surface area contributed by atoms with Crippen LogP contribution in [0, 0.1) is 0 Å². The number of amides is 1. The van der Waals surface area contributed by atoms with Gasteiger partial charge >= 0.3 is 5.97 Å². The molecule has 1 aromatic heterocycles. The van der Waals surface area contributed by atoms with Crippen LogP contribution in [0.3, 0.4) is 0 Å². The average molecular weight is 359 g/mol. The Morgan fingerprint density at radius 2 is 2.00 bits per heavy atom. The molecule has 0 radical (unpaired) electrons. The number of hydrogen-bond acceptors (Lipinski definition) is 2. The minimum atomic E-state index is -0.901. The number of aliphatic carboxylic acids is 1. The summed E-state index contributed by atoms with van der Waals surface area (Å²) in [5.41, 5.74) is 0.157. The molecule has 0 unspecified atom stereocenters. The highest BCUT2D eigenvalue weighted by Gasteiger charge is 2.29. The molecule has 1 aromatic rings. The molecule has 6 heteroatoms. The Labute approximate surface area is 134 Å². The largest absolute Gasteiger partial charge is 0.481 e. The van der Waals surface area contributed by atoms with Crippen LogP contribution < -0.4 is 0 Å². The van der Waals surface area contributed by atoms with Gasteiger partial charge in [0.15, 0.2) is 0 Å². The Morgan fingerprint density at radius 1 is 1.38 bits per heavy atom. The van der Waals surface area contributed by atoms with Crippen molar-refractivity contribution in [2.75, 3.05) is 6.54 Å². The number of aromatic nitrogens is 1. The molecule has 0 bridgehead atoms. The van der Waals surface area contributed by atoms with Gasteiger partial charge in [-0.25, -0.2) is 0 Å². The zero-order chi connectivity index (χ0) is 16.2. The summed E-state index contributed by atoms with van der Waals surface area (Å²) < 4.78 is 2.76. The van der Waals surface area contributed by atoms with E-state index in [1.807, 2.05) is 38.5 Å². The fraction of sp³-hybridized carbons (Fsp3) is 0.600. The number of carbonyl (C=O) groups excluding carboxylic acids is 1. The number of carboxylic acid groups (broad SMARTS) is 1. The van der Waals surface area contributed by atoms with E-state index in [1.165, 1.54) is 0 Å². The Bertz CT molecular complexity index is 517. The van der Waals surface area contributed by atoms with Crippen LogP contribution in [0.2, 0.25) is 0 Å². The maximum absolute atomic E-state index is 12.8. The van der Waals surface area contributed by atoms with E-state index >= 15 is 0 Å². The average Bonchev–Trinajstić information content (AvgIpc) is 2.68. The molecule has 0 aliphatic heterocycles. The maximum Gasteiger partial charge on any atom is 0.305 e. The third kappa shape index (κ3) is 4.88. The third-order valence-corrected chi connectivity index (χ3v) is 3.58. The first-order valence-corrected chi connectivity index (χ1v) is 7.85. The Morgan fingerprint density at radius 3 is 2.48 bits per heavy atom. The normalized spacial score (nSPS) is 11.5. The molecule has 1 rings (SSSR count). The smallest absolute Gasteiger partial charge is 0.305 e. The molecule has 118 valence electrons. The summed E-state index contributed by atoms with van der Waals surface area (Å²) in [5, 5.41) is 8.87. The molecule has 1 N–H and O–H groups in total.